The molecule has 2 N–H and O–H groups in total. The number of benzene rings is 1. The maximum absolute atomic E-state index is 11.9. The highest BCUT2D eigenvalue weighted by atomic mass is 16.6. The number of nitro groups is 1. The molecule has 0 aliphatic heterocycles. The first kappa shape index (κ1) is 17.4. The summed E-state index contributed by atoms with van der Waals surface area (Å²) in [7, 11) is 3.06. The number of hydrogen-bond acceptors (Lipinski definition) is 5. The number of carbonyl (C=O) groups excluding carboxylic acids is 2. The molecule has 0 atom stereocenters. The number of nitrogens with zero attached hydrogens (tertiary/aromatic N) is 2. The number of rotatable bonds is 6. The lowest BCUT2D eigenvalue weighted by Gasteiger charge is -2.18. The van der Waals surface area contributed by atoms with Gasteiger partial charge < -0.3 is 15.5 Å². The second kappa shape index (κ2) is 7.39. The van der Waals surface area contributed by atoms with Gasteiger partial charge >= 0.3 is 0 Å². The van der Waals surface area contributed by atoms with Gasteiger partial charge in [-0.15, -0.1) is 0 Å². The van der Waals surface area contributed by atoms with Crippen LogP contribution in [0, 0.1) is 10.1 Å². The van der Waals surface area contributed by atoms with Gasteiger partial charge in [-0.3, -0.25) is 19.7 Å². The van der Waals surface area contributed by atoms with Crippen LogP contribution in [-0.4, -0.2) is 43.4 Å². The minimum atomic E-state index is -0.568. The van der Waals surface area contributed by atoms with Crippen molar-refractivity contribution < 1.29 is 14.5 Å². The minimum Gasteiger partial charge on any atom is -0.360 e. The monoisotopic (exact) mass is 308 g/mol. The van der Waals surface area contributed by atoms with Crippen molar-refractivity contribution in [3.63, 3.8) is 0 Å². The van der Waals surface area contributed by atoms with Crippen LogP contribution < -0.4 is 15.5 Å². The average molecular weight is 308 g/mol. The molecule has 0 fully saturated rings. The first-order chi connectivity index (χ1) is 10.3. The molecule has 120 valence electrons. The van der Waals surface area contributed by atoms with Crippen molar-refractivity contribution in [2.24, 2.45) is 0 Å². The first-order valence-corrected chi connectivity index (χ1v) is 6.77. The van der Waals surface area contributed by atoms with Gasteiger partial charge in [-0.05, 0) is 26.0 Å². The lowest BCUT2D eigenvalue weighted by atomic mass is 10.1. The van der Waals surface area contributed by atoms with Crippen LogP contribution >= 0.6 is 0 Å². The van der Waals surface area contributed by atoms with E-state index < -0.39 is 4.92 Å². The highest BCUT2D eigenvalue weighted by Crippen LogP contribution is 2.28. The van der Waals surface area contributed by atoms with E-state index >= 15 is 0 Å². The third-order valence-corrected chi connectivity index (χ3v) is 2.92. The third kappa shape index (κ3) is 4.44. The molecule has 0 radical (unpaired) electrons. The Kier molecular flexibility index (Phi) is 5.85. The van der Waals surface area contributed by atoms with Gasteiger partial charge in [0.2, 0.25) is 5.91 Å². The van der Waals surface area contributed by atoms with E-state index in [1.807, 2.05) is 0 Å². The number of amides is 2. The molecular formula is C14H20N4O4. The van der Waals surface area contributed by atoms with Crippen molar-refractivity contribution in [1.82, 2.24) is 10.6 Å². The number of hydrogen-bond donors (Lipinski definition) is 2. The van der Waals surface area contributed by atoms with Crippen LogP contribution in [0.5, 0.6) is 0 Å². The van der Waals surface area contributed by atoms with Crippen molar-refractivity contribution >= 4 is 23.2 Å². The van der Waals surface area contributed by atoms with Crippen LogP contribution in [0.1, 0.15) is 24.2 Å². The van der Waals surface area contributed by atoms with Crippen LogP contribution in [0.4, 0.5) is 11.4 Å². The Morgan fingerprint density at radius 2 is 2.00 bits per heavy atom. The van der Waals surface area contributed by atoms with Crippen LogP contribution in [-0.2, 0) is 4.79 Å². The third-order valence-electron chi connectivity index (χ3n) is 2.92. The summed E-state index contributed by atoms with van der Waals surface area (Å²) in [4.78, 5) is 35.4. The fourth-order valence-electron chi connectivity index (χ4n) is 1.86. The summed E-state index contributed by atoms with van der Waals surface area (Å²) in [6, 6.07) is 4.12. The fraction of sp³-hybridized carbons (Fsp3) is 0.429. The van der Waals surface area contributed by atoms with Crippen LogP contribution in [0.3, 0.4) is 0 Å². The number of anilines is 1. The summed E-state index contributed by atoms with van der Waals surface area (Å²) in [6.07, 6.45) is 0. The largest absolute Gasteiger partial charge is 0.360 e. The van der Waals surface area contributed by atoms with Crippen molar-refractivity contribution in [1.29, 1.82) is 0 Å². The summed E-state index contributed by atoms with van der Waals surface area (Å²) in [6.45, 7) is 3.59. The molecule has 0 aliphatic rings. The van der Waals surface area contributed by atoms with Crippen molar-refractivity contribution in [2.75, 3.05) is 25.5 Å². The standard InChI is InChI=1S/C14H20N4O4/c1-9(2)16-14(20)10-5-6-11(12(7-10)18(21)22)17(4)8-13(19)15-3/h5-7,9H,8H2,1-4H3,(H,15,19)(H,16,20). The molecule has 8 heteroatoms. The Balaban J connectivity index is 3.12. The van der Waals surface area contributed by atoms with E-state index in [2.05, 4.69) is 10.6 Å². The fourth-order valence-corrected chi connectivity index (χ4v) is 1.86. The molecule has 1 aromatic carbocycles. The molecule has 0 unspecified atom stereocenters. The minimum absolute atomic E-state index is 0.0190. The van der Waals surface area contributed by atoms with Gasteiger partial charge in [-0.1, -0.05) is 0 Å². The molecule has 2 amide bonds. The highest BCUT2D eigenvalue weighted by Gasteiger charge is 2.21. The highest BCUT2D eigenvalue weighted by molar-refractivity contribution is 5.96. The van der Waals surface area contributed by atoms with Gasteiger partial charge in [-0.25, -0.2) is 0 Å². The maximum Gasteiger partial charge on any atom is 0.293 e. The summed E-state index contributed by atoms with van der Waals surface area (Å²) >= 11 is 0. The van der Waals surface area contributed by atoms with Gasteiger partial charge in [0.1, 0.15) is 5.69 Å². The Morgan fingerprint density at radius 3 is 2.50 bits per heavy atom. The summed E-state index contributed by atoms with van der Waals surface area (Å²) in [5, 5.41) is 16.4. The molecule has 0 saturated heterocycles. The average Bonchev–Trinajstić information content (AvgIpc) is 2.45. The molecule has 0 aromatic heterocycles. The van der Waals surface area contributed by atoms with Crippen molar-refractivity contribution in [3.05, 3.63) is 33.9 Å². The number of carbonyl (C=O) groups is 2. The molecule has 0 heterocycles. The van der Waals surface area contributed by atoms with E-state index in [1.54, 1.807) is 20.9 Å². The summed E-state index contributed by atoms with van der Waals surface area (Å²) < 4.78 is 0. The molecule has 0 spiro atoms. The predicted molar refractivity (Wildman–Crippen MR) is 83.0 cm³/mol. The van der Waals surface area contributed by atoms with Gasteiger partial charge in [0.25, 0.3) is 11.6 Å². The van der Waals surface area contributed by atoms with E-state index in [0.29, 0.717) is 0 Å². The van der Waals surface area contributed by atoms with E-state index in [9.17, 15) is 19.7 Å². The van der Waals surface area contributed by atoms with E-state index in [1.165, 1.54) is 30.1 Å². The Bertz CT molecular complexity index is 586. The molecule has 1 rings (SSSR count). The van der Waals surface area contributed by atoms with E-state index in [-0.39, 0.29) is 41.3 Å². The number of nitrogens with one attached hydrogen (secondary N) is 2. The Labute approximate surface area is 128 Å². The lowest BCUT2D eigenvalue weighted by molar-refractivity contribution is -0.384. The second-order valence-electron chi connectivity index (χ2n) is 5.12. The maximum atomic E-state index is 11.9. The van der Waals surface area contributed by atoms with Gasteiger partial charge in [0.15, 0.2) is 0 Å². The number of likely N-dealkylation sites (N-methyl/N-ethyl adjacent to an activating group) is 2. The SMILES string of the molecule is CNC(=O)CN(C)c1ccc(C(=O)NC(C)C)cc1[N+](=O)[O-]. The second-order valence-corrected chi connectivity index (χ2v) is 5.12. The molecule has 8 nitrogen and oxygen atoms in total. The zero-order chi connectivity index (χ0) is 16.9. The van der Waals surface area contributed by atoms with Crippen LogP contribution in [0.25, 0.3) is 0 Å². The Morgan fingerprint density at radius 1 is 1.36 bits per heavy atom. The van der Waals surface area contributed by atoms with Gasteiger partial charge in [0, 0.05) is 31.8 Å². The number of nitro benzene ring substituents is 1. The lowest BCUT2D eigenvalue weighted by Crippen LogP contribution is -2.33. The normalized spacial score (nSPS) is 10.2. The van der Waals surface area contributed by atoms with E-state index in [4.69, 9.17) is 0 Å². The summed E-state index contributed by atoms with van der Waals surface area (Å²) in [5.74, 6) is -0.642. The van der Waals surface area contributed by atoms with Crippen molar-refractivity contribution in [2.45, 2.75) is 19.9 Å². The van der Waals surface area contributed by atoms with Crippen LogP contribution in [0.15, 0.2) is 18.2 Å². The zero-order valence-corrected chi connectivity index (χ0v) is 13.0. The smallest absolute Gasteiger partial charge is 0.293 e. The molecule has 0 saturated carbocycles. The molecular weight excluding hydrogens is 288 g/mol. The van der Waals surface area contributed by atoms with Gasteiger partial charge in [-0.2, -0.15) is 0 Å². The quantitative estimate of drug-likeness (QED) is 0.600. The van der Waals surface area contributed by atoms with Gasteiger partial charge in [0.05, 0.1) is 11.5 Å². The molecule has 0 aliphatic carbocycles. The zero-order valence-electron chi connectivity index (χ0n) is 13.0. The molecule has 1 aromatic rings. The molecule has 0 bridgehead atoms. The predicted octanol–water partition coefficient (Wildman–Crippen LogP) is 0.915. The van der Waals surface area contributed by atoms with Crippen molar-refractivity contribution in [3.8, 4) is 0 Å². The first-order valence-electron chi connectivity index (χ1n) is 6.77. The molecule has 22 heavy (non-hydrogen) atoms. The summed E-state index contributed by atoms with van der Waals surface area (Å²) in [5.41, 5.74) is 0.259. The topological polar surface area (TPSA) is 105 Å². The Hall–Kier alpha value is -2.64. The van der Waals surface area contributed by atoms with E-state index in [0.717, 1.165) is 0 Å². The van der Waals surface area contributed by atoms with Crippen LogP contribution in [0.2, 0.25) is 0 Å².